The number of hydrogen-bond donors (Lipinski definition) is 2. The molecule has 29 heavy (non-hydrogen) atoms. The Kier molecular flexibility index (Phi) is 5.39. The molecule has 0 saturated carbocycles. The number of nitrogens with one attached hydrogen (secondary N) is 1. The van der Waals surface area contributed by atoms with E-state index < -0.39 is 38.8 Å². The fourth-order valence-corrected chi connectivity index (χ4v) is 3.05. The Bertz CT molecular complexity index is 1290. The molecule has 0 aromatic heterocycles. The predicted octanol–water partition coefficient (Wildman–Crippen LogP) is 0.986. The van der Waals surface area contributed by atoms with Gasteiger partial charge in [-0.1, -0.05) is 12.1 Å². The zero-order chi connectivity index (χ0) is 21.2. The lowest BCUT2D eigenvalue weighted by Gasteiger charge is -2.09. The Morgan fingerprint density at radius 1 is 1.10 bits per heavy atom. The maximum absolute atomic E-state index is 12.4. The molecule has 1 atom stereocenters. The van der Waals surface area contributed by atoms with E-state index in [0.717, 1.165) is 13.0 Å². The van der Waals surface area contributed by atoms with Crippen LogP contribution in [0.15, 0.2) is 67.6 Å². The molecule has 3 amide bonds. The quantitative estimate of drug-likeness (QED) is 0.405. The Morgan fingerprint density at radius 3 is 2.48 bits per heavy atom. The number of hydrogen-bond acceptors (Lipinski definition) is 7. The Labute approximate surface area is 163 Å². The van der Waals surface area contributed by atoms with Crippen molar-refractivity contribution in [2.45, 2.75) is 17.9 Å². The minimum Gasteiger partial charge on any atom is -0.324 e. The minimum absolute atomic E-state index is 0.231. The summed E-state index contributed by atoms with van der Waals surface area (Å²) in [6.45, 7) is 1.12. The van der Waals surface area contributed by atoms with Gasteiger partial charge in [-0.25, -0.2) is 4.79 Å². The van der Waals surface area contributed by atoms with Gasteiger partial charge in [-0.3, -0.25) is 14.1 Å². The molecular weight excluding hydrogens is 402 g/mol. The van der Waals surface area contributed by atoms with Gasteiger partial charge in [-0.05, 0) is 37.3 Å². The first-order valence-corrected chi connectivity index (χ1v) is 9.49. The zero-order valence-corrected chi connectivity index (χ0v) is 15.6. The summed E-state index contributed by atoms with van der Waals surface area (Å²) in [5.74, 6) is -1.47. The second-order valence-electron chi connectivity index (χ2n) is 5.87. The molecule has 1 aliphatic rings. The fraction of sp³-hybridized carbons (Fsp3) is 0.118. The normalized spacial score (nSPS) is 14.1. The lowest BCUT2D eigenvalue weighted by atomic mass is 10.2. The summed E-state index contributed by atoms with van der Waals surface area (Å²) in [6, 6.07) is 7.31. The molecule has 1 aliphatic heterocycles. The van der Waals surface area contributed by atoms with Crippen LogP contribution in [0.4, 0.5) is 16.2 Å². The van der Waals surface area contributed by atoms with Gasteiger partial charge in [0.15, 0.2) is 5.78 Å². The summed E-state index contributed by atoms with van der Waals surface area (Å²) in [6.07, 6.45) is 0. The number of urea groups is 1. The third-order valence-corrected chi connectivity index (χ3v) is 4.63. The zero-order valence-electron chi connectivity index (χ0n) is 14.8. The molecule has 148 valence electrons. The highest BCUT2D eigenvalue weighted by Gasteiger charge is 2.24. The van der Waals surface area contributed by atoms with Crippen molar-refractivity contribution in [2.75, 3.05) is 5.32 Å². The Hall–Kier alpha value is -3.64. The number of anilines is 1. The number of benzene rings is 2. The maximum atomic E-state index is 12.4. The number of nitrogens with zero attached hydrogens (tertiary/aromatic N) is 4. The molecule has 12 heteroatoms. The topological polar surface area (TPSA) is 167 Å². The van der Waals surface area contributed by atoms with Gasteiger partial charge in [-0.15, -0.1) is 0 Å². The second kappa shape index (κ2) is 7.77. The molecule has 0 radical (unpaired) electrons. The van der Waals surface area contributed by atoms with Crippen molar-refractivity contribution < 1.29 is 27.4 Å². The first-order valence-electron chi connectivity index (χ1n) is 8.05. The summed E-state index contributed by atoms with van der Waals surface area (Å²) in [5.41, 5.74) is 0.0210. The Balaban J connectivity index is 1.86. The van der Waals surface area contributed by atoms with E-state index in [2.05, 4.69) is 25.5 Å². The van der Waals surface area contributed by atoms with Gasteiger partial charge in [0.05, 0.1) is 10.7 Å². The van der Waals surface area contributed by atoms with Crippen molar-refractivity contribution >= 4 is 39.2 Å². The van der Waals surface area contributed by atoms with E-state index in [4.69, 9.17) is 0 Å². The van der Waals surface area contributed by atoms with E-state index in [1.807, 2.05) is 0 Å². The second-order valence-corrected chi connectivity index (χ2v) is 7.26. The molecule has 0 spiro atoms. The van der Waals surface area contributed by atoms with Crippen LogP contribution in [0, 0.1) is 0 Å². The van der Waals surface area contributed by atoms with Crippen LogP contribution >= 0.6 is 0 Å². The molecule has 11 nitrogen and oxygen atoms in total. The lowest BCUT2D eigenvalue weighted by Crippen LogP contribution is -2.32. The van der Waals surface area contributed by atoms with Crippen molar-refractivity contribution in [1.29, 1.82) is 0 Å². The van der Waals surface area contributed by atoms with Gasteiger partial charge in [0.25, 0.3) is 16.0 Å². The summed E-state index contributed by atoms with van der Waals surface area (Å²) in [5, 5.41) is 10.4. The third-order valence-electron chi connectivity index (χ3n) is 3.73. The number of azo groups is 1. The molecule has 2 N–H and O–H groups in total. The van der Waals surface area contributed by atoms with Crippen LogP contribution in [0.3, 0.4) is 0 Å². The van der Waals surface area contributed by atoms with E-state index in [0.29, 0.717) is 5.36 Å². The van der Waals surface area contributed by atoms with Crippen molar-refractivity contribution in [2.24, 2.45) is 20.2 Å². The highest BCUT2D eigenvalue weighted by atomic mass is 32.2. The smallest absolute Gasteiger partial charge is 0.324 e. The SMILES string of the molecule is CC(=O)C(N=Nc1ccccc1S(=O)(=O)O)C(=O)Nc1ccc2c(c1)=NC(=O)N=2. The standard InChI is InChI=1S/C17H13N5O6S/c1-9(23)15(22-21-12-4-2-3-5-14(12)29(26,27)28)16(24)18-10-6-7-11-13(8-10)20-17(25)19-11/h2-8,15H,1H3,(H,18,24)(H,26,27,28). The number of fused-ring (bicyclic) bond motifs is 1. The molecule has 2 aromatic carbocycles. The monoisotopic (exact) mass is 415 g/mol. The van der Waals surface area contributed by atoms with E-state index in [-0.39, 0.29) is 16.7 Å². The molecule has 2 aromatic rings. The van der Waals surface area contributed by atoms with Crippen LogP contribution in [-0.2, 0) is 19.7 Å². The average molecular weight is 415 g/mol. The highest BCUT2D eigenvalue weighted by Crippen LogP contribution is 2.24. The number of ketones is 1. The Morgan fingerprint density at radius 2 is 1.79 bits per heavy atom. The van der Waals surface area contributed by atoms with E-state index in [1.54, 1.807) is 0 Å². The van der Waals surface area contributed by atoms with Crippen molar-refractivity contribution in [3.63, 3.8) is 0 Å². The van der Waals surface area contributed by atoms with Crippen LogP contribution in [0.25, 0.3) is 0 Å². The number of carbonyl (C=O) groups excluding carboxylic acids is 3. The van der Waals surface area contributed by atoms with Gasteiger partial charge >= 0.3 is 6.03 Å². The summed E-state index contributed by atoms with van der Waals surface area (Å²) in [4.78, 5) is 42.3. The maximum Gasteiger partial charge on any atom is 0.368 e. The van der Waals surface area contributed by atoms with Crippen LogP contribution in [0.1, 0.15) is 6.92 Å². The first kappa shape index (κ1) is 20.1. The van der Waals surface area contributed by atoms with E-state index in [9.17, 15) is 27.4 Å². The molecule has 0 saturated heterocycles. The molecule has 0 aliphatic carbocycles. The summed E-state index contributed by atoms with van der Waals surface area (Å²) >= 11 is 0. The first-order chi connectivity index (χ1) is 13.6. The van der Waals surface area contributed by atoms with Gasteiger partial charge in [0.2, 0.25) is 6.04 Å². The van der Waals surface area contributed by atoms with Crippen LogP contribution in [0.2, 0.25) is 0 Å². The molecule has 0 fully saturated rings. The lowest BCUT2D eigenvalue weighted by molar-refractivity contribution is -0.126. The largest absolute Gasteiger partial charge is 0.368 e. The summed E-state index contributed by atoms with van der Waals surface area (Å²) < 4.78 is 32.0. The van der Waals surface area contributed by atoms with Crippen molar-refractivity contribution in [3.8, 4) is 0 Å². The van der Waals surface area contributed by atoms with Gasteiger partial charge < -0.3 is 5.32 Å². The van der Waals surface area contributed by atoms with Crippen molar-refractivity contribution in [1.82, 2.24) is 0 Å². The number of amides is 3. The van der Waals surface area contributed by atoms with Gasteiger partial charge in [-0.2, -0.15) is 28.6 Å². The third kappa shape index (κ3) is 4.62. The van der Waals surface area contributed by atoms with Crippen LogP contribution in [0.5, 0.6) is 0 Å². The van der Waals surface area contributed by atoms with Crippen molar-refractivity contribution in [3.05, 3.63) is 53.2 Å². The summed E-state index contributed by atoms with van der Waals surface area (Å²) in [7, 11) is -4.57. The van der Waals surface area contributed by atoms with Crippen LogP contribution in [-0.4, -0.2) is 36.7 Å². The van der Waals surface area contributed by atoms with E-state index >= 15 is 0 Å². The minimum atomic E-state index is -4.57. The molecule has 0 bridgehead atoms. The number of Topliss-reactive ketones (excluding diaryl/α,β-unsaturated/α-hetero) is 1. The molecular formula is C17H13N5O6S. The highest BCUT2D eigenvalue weighted by molar-refractivity contribution is 7.86. The predicted molar refractivity (Wildman–Crippen MR) is 98.0 cm³/mol. The van der Waals surface area contributed by atoms with E-state index in [1.165, 1.54) is 36.4 Å². The number of rotatable bonds is 6. The van der Waals surface area contributed by atoms with Gasteiger partial charge in [0, 0.05) is 5.69 Å². The molecule has 3 rings (SSSR count). The fourth-order valence-electron chi connectivity index (χ4n) is 2.42. The molecule has 1 unspecified atom stereocenters. The number of carbonyl (C=O) groups is 3. The van der Waals surface area contributed by atoms with Gasteiger partial charge in [0.1, 0.15) is 10.6 Å². The average Bonchev–Trinajstić information content (AvgIpc) is 3.00. The van der Waals surface area contributed by atoms with Crippen LogP contribution < -0.4 is 16.0 Å². The molecule has 1 heterocycles.